The molecule has 1 atom stereocenters. The minimum atomic E-state index is -1.40. The van der Waals surface area contributed by atoms with E-state index in [0.29, 0.717) is 5.69 Å². The number of amides is 1. The third kappa shape index (κ3) is 6.75. The van der Waals surface area contributed by atoms with Crippen molar-refractivity contribution in [2.75, 3.05) is 11.1 Å². The lowest BCUT2D eigenvalue weighted by Crippen LogP contribution is -2.41. The van der Waals surface area contributed by atoms with Crippen molar-refractivity contribution >= 4 is 63.8 Å². The van der Waals surface area contributed by atoms with Crippen LogP contribution in [0.5, 0.6) is 0 Å². The number of carbonyl (C=O) groups is 3. The SMILES string of the molecule is N.Nc1nc2ncc(CNc3c(Cl)cc(C(=O)NC(CCC(=O)O)C(=O)O)cc3Cl)nc2c(=O)[nH]1. The predicted molar refractivity (Wildman–Crippen MR) is 127 cm³/mol. The number of halogens is 2. The molecule has 16 heteroatoms. The average Bonchev–Trinajstić information content (AvgIpc) is 2.75. The van der Waals surface area contributed by atoms with Crippen LogP contribution >= 0.6 is 23.2 Å². The van der Waals surface area contributed by atoms with Crippen molar-refractivity contribution in [3.05, 3.63) is 50.0 Å². The molecule has 0 radical (unpaired) electrons. The Morgan fingerprint density at radius 2 is 1.80 bits per heavy atom. The Hall–Kier alpha value is -4.01. The zero-order chi connectivity index (χ0) is 25.0. The number of rotatable bonds is 9. The molecule has 3 aromatic rings. The highest BCUT2D eigenvalue weighted by atomic mass is 35.5. The van der Waals surface area contributed by atoms with Gasteiger partial charge >= 0.3 is 11.9 Å². The van der Waals surface area contributed by atoms with Gasteiger partial charge < -0.3 is 32.7 Å². The van der Waals surface area contributed by atoms with E-state index in [-0.39, 0.29) is 57.5 Å². The van der Waals surface area contributed by atoms with Gasteiger partial charge in [0.05, 0.1) is 34.2 Å². The standard InChI is InChI=1S/C19H17Cl2N7O6.H3N/c20-9-3-7(16(31)26-11(18(33)34)1-2-12(29)30)4-10(21)13(9)23-5-8-6-24-15-14(25-8)17(32)28-19(22)27-15;/h3-4,6,11,23H,1-2,5H2,(H,26,31)(H,29,30)(H,33,34)(H3,22,24,27,28,32);1H3. The number of nitrogens with one attached hydrogen (secondary N) is 3. The number of aliphatic carboxylic acids is 2. The predicted octanol–water partition coefficient (Wildman–Crippen LogP) is 1.42. The average molecular weight is 527 g/mol. The Balaban J connectivity index is 0.00000432. The second-order valence-electron chi connectivity index (χ2n) is 6.95. The first-order chi connectivity index (χ1) is 16.0. The Morgan fingerprint density at radius 3 is 2.40 bits per heavy atom. The number of H-pyrrole nitrogens is 1. The number of hydrogen-bond donors (Lipinski definition) is 7. The van der Waals surface area contributed by atoms with Crippen LogP contribution in [0.3, 0.4) is 0 Å². The minimum Gasteiger partial charge on any atom is -0.481 e. The molecule has 0 fully saturated rings. The molecule has 0 bridgehead atoms. The fourth-order valence-electron chi connectivity index (χ4n) is 2.87. The molecule has 14 nitrogen and oxygen atoms in total. The zero-order valence-electron chi connectivity index (χ0n) is 17.8. The number of benzene rings is 1. The van der Waals surface area contributed by atoms with Gasteiger partial charge in [0.2, 0.25) is 5.95 Å². The van der Waals surface area contributed by atoms with Crippen molar-refractivity contribution in [3.63, 3.8) is 0 Å². The third-order valence-corrected chi connectivity index (χ3v) is 5.08. The van der Waals surface area contributed by atoms with E-state index >= 15 is 0 Å². The van der Waals surface area contributed by atoms with Gasteiger partial charge in [0.25, 0.3) is 11.5 Å². The quantitative estimate of drug-likeness (QED) is 0.209. The minimum absolute atomic E-state index is 0. The summed E-state index contributed by atoms with van der Waals surface area (Å²) in [5.74, 6) is -3.45. The maximum atomic E-state index is 12.5. The van der Waals surface area contributed by atoms with Crippen molar-refractivity contribution in [3.8, 4) is 0 Å². The summed E-state index contributed by atoms with van der Waals surface area (Å²) in [4.78, 5) is 60.9. The van der Waals surface area contributed by atoms with Crippen LogP contribution in [0.15, 0.2) is 23.1 Å². The van der Waals surface area contributed by atoms with E-state index in [1.54, 1.807) is 0 Å². The molecular formula is C19H20Cl2N8O6. The number of nitrogens with zero attached hydrogens (tertiary/aromatic N) is 3. The van der Waals surface area contributed by atoms with E-state index < -0.39 is 35.9 Å². The number of carbonyl (C=O) groups excluding carboxylic acids is 1. The molecular weight excluding hydrogens is 507 g/mol. The van der Waals surface area contributed by atoms with Crippen LogP contribution < -0.4 is 28.1 Å². The van der Waals surface area contributed by atoms with Gasteiger partial charge in [0.15, 0.2) is 11.2 Å². The summed E-state index contributed by atoms with van der Waals surface area (Å²) in [7, 11) is 0. The summed E-state index contributed by atoms with van der Waals surface area (Å²) in [5, 5.41) is 23.2. The van der Waals surface area contributed by atoms with Gasteiger partial charge in [-0.05, 0) is 18.6 Å². The number of anilines is 2. The summed E-state index contributed by atoms with van der Waals surface area (Å²) in [6.07, 6.45) is 0.651. The van der Waals surface area contributed by atoms with Gasteiger partial charge in [-0.3, -0.25) is 19.4 Å². The van der Waals surface area contributed by atoms with Crippen LogP contribution in [0.1, 0.15) is 28.9 Å². The van der Waals surface area contributed by atoms with E-state index in [0.717, 1.165) is 0 Å². The van der Waals surface area contributed by atoms with E-state index in [9.17, 15) is 24.3 Å². The molecule has 0 aliphatic carbocycles. The fraction of sp³-hybridized carbons (Fsp3) is 0.211. The normalized spacial score (nSPS) is 11.4. The van der Waals surface area contributed by atoms with Crippen LogP contribution in [0, 0.1) is 0 Å². The number of aromatic amines is 1. The van der Waals surface area contributed by atoms with E-state index in [4.69, 9.17) is 34.0 Å². The molecule has 2 heterocycles. The second kappa shape index (κ2) is 11.4. The van der Waals surface area contributed by atoms with Gasteiger partial charge in [-0.1, -0.05) is 23.2 Å². The van der Waals surface area contributed by atoms with E-state index in [1.807, 2.05) is 0 Å². The van der Waals surface area contributed by atoms with Crippen molar-refractivity contribution in [1.82, 2.24) is 31.4 Å². The van der Waals surface area contributed by atoms with Gasteiger partial charge in [0, 0.05) is 12.0 Å². The van der Waals surface area contributed by atoms with Gasteiger partial charge in [-0.15, -0.1) is 0 Å². The maximum Gasteiger partial charge on any atom is 0.326 e. The highest BCUT2D eigenvalue weighted by molar-refractivity contribution is 6.39. The smallest absolute Gasteiger partial charge is 0.326 e. The number of carboxylic acids is 2. The number of hydrogen-bond acceptors (Lipinski definition) is 10. The van der Waals surface area contributed by atoms with Crippen molar-refractivity contribution in [2.45, 2.75) is 25.4 Å². The summed E-state index contributed by atoms with van der Waals surface area (Å²) in [5.41, 5.74) is 5.60. The number of nitrogens with two attached hydrogens (primary N) is 1. The molecule has 1 amide bonds. The summed E-state index contributed by atoms with van der Waals surface area (Å²) in [6.45, 7) is 0.0635. The fourth-order valence-corrected chi connectivity index (χ4v) is 3.50. The lowest BCUT2D eigenvalue weighted by Gasteiger charge is -2.15. The highest BCUT2D eigenvalue weighted by Crippen LogP contribution is 2.32. The molecule has 0 saturated heterocycles. The molecule has 0 spiro atoms. The van der Waals surface area contributed by atoms with Crippen LogP contribution in [0.25, 0.3) is 11.2 Å². The molecule has 2 aromatic heterocycles. The lowest BCUT2D eigenvalue weighted by atomic mass is 10.1. The Bertz CT molecular complexity index is 1330. The molecule has 186 valence electrons. The topological polar surface area (TPSA) is 248 Å². The second-order valence-corrected chi connectivity index (χ2v) is 7.76. The van der Waals surface area contributed by atoms with Gasteiger partial charge in [-0.2, -0.15) is 4.98 Å². The summed E-state index contributed by atoms with van der Waals surface area (Å²) < 4.78 is 0. The molecule has 0 aliphatic heterocycles. The number of carboxylic acid groups (broad SMARTS) is 2. The molecule has 1 aromatic carbocycles. The van der Waals surface area contributed by atoms with Crippen LogP contribution in [0.2, 0.25) is 10.0 Å². The van der Waals surface area contributed by atoms with Gasteiger partial charge in [0.1, 0.15) is 6.04 Å². The Morgan fingerprint density at radius 1 is 1.14 bits per heavy atom. The van der Waals surface area contributed by atoms with E-state index in [1.165, 1.54) is 18.3 Å². The van der Waals surface area contributed by atoms with Gasteiger partial charge in [-0.25, -0.2) is 14.8 Å². The molecule has 1 unspecified atom stereocenters. The first-order valence-electron chi connectivity index (χ1n) is 9.55. The molecule has 10 N–H and O–H groups in total. The van der Waals surface area contributed by atoms with Crippen molar-refractivity contribution in [2.24, 2.45) is 0 Å². The molecule has 0 saturated carbocycles. The number of nitrogen functional groups attached to an aromatic ring is 1. The monoisotopic (exact) mass is 526 g/mol. The lowest BCUT2D eigenvalue weighted by molar-refractivity contribution is -0.140. The third-order valence-electron chi connectivity index (χ3n) is 4.49. The maximum absolute atomic E-state index is 12.5. The van der Waals surface area contributed by atoms with E-state index in [2.05, 4.69) is 30.6 Å². The Labute approximate surface area is 206 Å². The first kappa shape index (κ1) is 27.2. The number of aromatic nitrogens is 4. The van der Waals surface area contributed by atoms with Crippen LogP contribution in [-0.4, -0.2) is 54.0 Å². The molecule has 3 rings (SSSR count). The highest BCUT2D eigenvalue weighted by Gasteiger charge is 2.23. The Kier molecular flexibility index (Phi) is 8.88. The summed E-state index contributed by atoms with van der Waals surface area (Å²) in [6, 6.07) is 1.13. The zero-order valence-corrected chi connectivity index (χ0v) is 19.4. The van der Waals surface area contributed by atoms with Crippen molar-refractivity contribution in [1.29, 1.82) is 0 Å². The molecule has 0 aliphatic rings. The largest absolute Gasteiger partial charge is 0.481 e. The van der Waals surface area contributed by atoms with Crippen LogP contribution in [0.4, 0.5) is 11.6 Å². The van der Waals surface area contributed by atoms with Crippen molar-refractivity contribution < 1.29 is 24.6 Å². The molecule has 35 heavy (non-hydrogen) atoms. The first-order valence-corrected chi connectivity index (χ1v) is 10.3. The summed E-state index contributed by atoms with van der Waals surface area (Å²) >= 11 is 12.5. The number of fused-ring (bicyclic) bond motifs is 1. The van der Waals surface area contributed by atoms with Crippen LogP contribution in [-0.2, 0) is 16.1 Å².